The summed E-state index contributed by atoms with van der Waals surface area (Å²) in [6, 6.07) is 0. The minimum absolute atomic E-state index is 0.00507. The van der Waals surface area contributed by atoms with Gasteiger partial charge in [0.1, 0.15) is 36.1 Å². The van der Waals surface area contributed by atoms with E-state index in [0.29, 0.717) is 25.9 Å². The topological polar surface area (TPSA) is 104 Å². The maximum Gasteiger partial charge on any atom is 0.334 e. The highest BCUT2D eigenvalue weighted by molar-refractivity contribution is 5.92. The molecule has 0 radical (unpaired) electrons. The maximum absolute atomic E-state index is 12.0. The van der Waals surface area contributed by atoms with Crippen molar-refractivity contribution in [2.45, 2.75) is 79.9 Å². The van der Waals surface area contributed by atoms with Crippen LogP contribution >= 0.6 is 0 Å². The molecule has 4 aliphatic heterocycles. The number of aliphatic hydroxyl groups is 2. The fourth-order valence-corrected chi connectivity index (χ4v) is 7.36. The van der Waals surface area contributed by atoms with Gasteiger partial charge in [-0.2, -0.15) is 0 Å². The van der Waals surface area contributed by atoms with Gasteiger partial charge in [-0.15, -0.1) is 0 Å². The average Bonchev–Trinajstić information content (AvgIpc) is 3.51. The minimum atomic E-state index is -0.934. The summed E-state index contributed by atoms with van der Waals surface area (Å²) in [5, 5.41) is 22.6. The first-order valence-electron chi connectivity index (χ1n) is 9.68. The Morgan fingerprint density at radius 1 is 1.23 bits per heavy atom. The van der Waals surface area contributed by atoms with Gasteiger partial charge in [-0.1, -0.05) is 13.8 Å². The number of hydrogen-bond acceptors (Lipinski definition) is 7. The number of epoxide rings is 3. The quantitative estimate of drug-likeness (QED) is 0.493. The third-order valence-electron chi connectivity index (χ3n) is 8.60. The van der Waals surface area contributed by atoms with Gasteiger partial charge >= 0.3 is 5.97 Å². The number of carbonyl (C=O) groups is 1. The Morgan fingerprint density at radius 2 is 2.04 bits per heavy atom. The summed E-state index contributed by atoms with van der Waals surface area (Å²) in [5.74, 6) is -0.139. The van der Waals surface area contributed by atoms with Crippen LogP contribution in [0.5, 0.6) is 0 Å². The number of cyclic esters (lactones) is 1. The molecule has 0 bridgehead atoms. The van der Waals surface area contributed by atoms with Crippen LogP contribution in [0.3, 0.4) is 0 Å². The molecule has 3 spiro atoms. The number of esters is 1. The highest BCUT2D eigenvalue weighted by Crippen LogP contribution is 2.82. The summed E-state index contributed by atoms with van der Waals surface area (Å²) in [6.07, 6.45) is -0.323. The summed E-state index contributed by atoms with van der Waals surface area (Å²) in [4.78, 5) is 12.0. The lowest BCUT2D eigenvalue weighted by atomic mass is 9.53. The fourth-order valence-electron chi connectivity index (χ4n) is 7.36. The molecule has 0 aromatic heterocycles. The maximum atomic E-state index is 12.0. The lowest BCUT2D eigenvalue weighted by molar-refractivity contribution is -0.136. The van der Waals surface area contributed by atoms with Crippen molar-refractivity contribution < 1.29 is 34.0 Å². The number of carbonyl (C=O) groups excluding carboxylic acids is 1. The Hall–Kier alpha value is -0.990. The predicted molar refractivity (Wildman–Crippen MR) is 83.9 cm³/mol. The number of aliphatic hydroxyl groups excluding tert-OH is 2. The van der Waals surface area contributed by atoms with Crippen LogP contribution < -0.4 is 0 Å². The zero-order chi connectivity index (χ0) is 17.9. The normalized spacial score (nSPS) is 63.1. The van der Waals surface area contributed by atoms with Crippen LogP contribution in [-0.4, -0.2) is 69.6 Å². The first-order valence-corrected chi connectivity index (χ1v) is 9.68. The van der Waals surface area contributed by atoms with Crippen molar-refractivity contribution in [1.29, 1.82) is 0 Å². The SMILES string of the molecule is CC(C)[C@]12O[C@H]1[C@H](O)[C@@]13O[C@@]14CCC1=C(COC1=O)[C@@H]4C[C@@H]1O[C@@]13[C@@H]2O. The van der Waals surface area contributed by atoms with Crippen molar-refractivity contribution in [3.63, 3.8) is 0 Å². The molecule has 3 aliphatic carbocycles. The van der Waals surface area contributed by atoms with E-state index in [2.05, 4.69) is 0 Å². The van der Waals surface area contributed by atoms with Crippen LogP contribution in [0.1, 0.15) is 33.1 Å². The molecule has 3 saturated heterocycles. The molecule has 4 heterocycles. The Kier molecular flexibility index (Phi) is 2.18. The van der Waals surface area contributed by atoms with Crippen LogP contribution in [0.15, 0.2) is 11.1 Å². The van der Waals surface area contributed by atoms with Crippen molar-refractivity contribution >= 4 is 5.97 Å². The number of ether oxygens (including phenoxy) is 4. The summed E-state index contributed by atoms with van der Waals surface area (Å²) >= 11 is 0. The third kappa shape index (κ3) is 1.11. The van der Waals surface area contributed by atoms with E-state index < -0.39 is 40.7 Å². The zero-order valence-electron chi connectivity index (χ0n) is 14.7. The van der Waals surface area contributed by atoms with Crippen LogP contribution in [0, 0.1) is 11.8 Å². The second-order valence-corrected chi connectivity index (χ2v) is 9.39. The largest absolute Gasteiger partial charge is 0.458 e. The lowest BCUT2D eigenvalue weighted by Crippen LogP contribution is -2.70. The molecule has 2 N–H and O–H groups in total. The molecule has 5 fully saturated rings. The molecule has 7 nitrogen and oxygen atoms in total. The Morgan fingerprint density at radius 3 is 2.81 bits per heavy atom. The van der Waals surface area contributed by atoms with E-state index in [-0.39, 0.29) is 23.9 Å². The average molecular weight is 362 g/mol. The summed E-state index contributed by atoms with van der Waals surface area (Å²) in [7, 11) is 0. The number of hydrogen-bond donors (Lipinski definition) is 2. The highest BCUT2D eigenvalue weighted by Gasteiger charge is 3.01. The summed E-state index contributed by atoms with van der Waals surface area (Å²) < 4.78 is 23.8. The highest BCUT2D eigenvalue weighted by atomic mass is 16.7. The second-order valence-electron chi connectivity index (χ2n) is 9.39. The Bertz CT molecular complexity index is 821. The molecule has 7 heteroatoms. The summed E-state index contributed by atoms with van der Waals surface area (Å²) in [6.45, 7) is 4.33. The monoisotopic (exact) mass is 362 g/mol. The van der Waals surface area contributed by atoms with Crippen molar-refractivity contribution in [3.8, 4) is 0 Å². The van der Waals surface area contributed by atoms with Gasteiger partial charge in [0, 0.05) is 11.5 Å². The van der Waals surface area contributed by atoms with Gasteiger partial charge in [0.25, 0.3) is 0 Å². The van der Waals surface area contributed by atoms with Crippen molar-refractivity contribution in [3.05, 3.63) is 11.1 Å². The molecule has 0 amide bonds. The number of rotatable bonds is 1. The van der Waals surface area contributed by atoms with E-state index in [1.165, 1.54) is 0 Å². The van der Waals surface area contributed by atoms with E-state index in [1.807, 2.05) is 13.8 Å². The van der Waals surface area contributed by atoms with Gasteiger partial charge in [-0.3, -0.25) is 0 Å². The molecule has 0 aromatic carbocycles. The number of fused-ring (bicyclic) bond motifs is 2. The smallest absolute Gasteiger partial charge is 0.334 e. The third-order valence-corrected chi connectivity index (χ3v) is 8.60. The van der Waals surface area contributed by atoms with Gasteiger partial charge in [0.15, 0.2) is 11.2 Å². The standard InChI is InChI=1S/C19H22O7/c1-7(2)17-13(25-17)12(20)19-16(26-19)4-3-8-9(6-23-14(8)21)10(16)5-11-18(19,24-11)15(17)22/h7,10-13,15,20,22H,3-6H2,1-2H3/t10-,11-,12-,13-,15+,16+,17-,18+,19+/m0/s1. The Labute approximate surface area is 150 Å². The van der Waals surface area contributed by atoms with Crippen LogP contribution in [0.4, 0.5) is 0 Å². The molecule has 26 heavy (non-hydrogen) atoms. The van der Waals surface area contributed by atoms with E-state index in [1.54, 1.807) is 0 Å². The molecule has 0 unspecified atom stereocenters. The van der Waals surface area contributed by atoms with E-state index in [0.717, 1.165) is 11.1 Å². The van der Waals surface area contributed by atoms with Gasteiger partial charge in [0.2, 0.25) is 0 Å². The van der Waals surface area contributed by atoms with Crippen LogP contribution in [0.2, 0.25) is 0 Å². The van der Waals surface area contributed by atoms with Gasteiger partial charge in [-0.25, -0.2) is 4.79 Å². The van der Waals surface area contributed by atoms with Gasteiger partial charge in [-0.05, 0) is 30.8 Å². The second kappa shape index (κ2) is 3.78. The molecule has 7 rings (SSSR count). The summed E-state index contributed by atoms with van der Waals surface area (Å²) in [5.41, 5.74) is -1.35. The first-order chi connectivity index (χ1) is 12.4. The predicted octanol–water partition coefficient (Wildman–Crippen LogP) is -0.172. The van der Waals surface area contributed by atoms with E-state index >= 15 is 0 Å². The van der Waals surface area contributed by atoms with E-state index in [4.69, 9.17) is 18.9 Å². The van der Waals surface area contributed by atoms with Gasteiger partial charge < -0.3 is 29.2 Å². The molecule has 0 aromatic rings. The molecular weight excluding hydrogens is 340 g/mol. The molecular formula is C19H22O7. The minimum Gasteiger partial charge on any atom is -0.458 e. The molecule has 2 saturated carbocycles. The fraction of sp³-hybridized carbons (Fsp3) is 0.842. The van der Waals surface area contributed by atoms with Crippen LogP contribution in [-0.2, 0) is 23.7 Å². The molecule has 7 aliphatic rings. The Balaban J connectivity index is 1.38. The van der Waals surface area contributed by atoms with Crippen molar-refractivity contribution in [1.82, 2.24) is 0 Å². The van der Waals surface area contributed by atoms with Crippen molar-refractivity contribution in [2.75, 3.05) is 6.61 Å². The molecule has 9 atom stereocenters. The molecule has 140 valence electrons. The van der Waals surface area contributed by atoms with E-state index in [9.17, 15) is 15.0 Å². The first kappa shape index (κ1) is 15.0. The zero-order valence-corrected chi connectivity index (χ0v) is 14.7. The van der Waals surface area contributed by atoms with Crippen LogP contribution in [0.25, 0.3) is 0 Å². The lowest BCUT2D eigenvalue weighted by Gasteiger charge is -2.45. The van der Waals surface area contributed by atoms with Crippen molar-refractivity contribution in [2.24, 2.45) is 11.8 Å². The van der Waals surface area contributed by atoms with Gasteiger partial charge in [0.05, 0.1) is 6.10 Å².